The van der Waals surface area contributed by atoms with Crippen molar-refractivity contribution in [2.45, 2.75) is 31.2 Å². The van der Waals surface area contributed by atoms with Crippen LogP contribution in [0, 0.1) is 0 Å². The van der Waals surface area contributed by atoms with Gasteiger partial charge in [0.25, 0.3) is 0 Å². The third-order valence-corrected chi connectivity index (χ3v) is 3.81. The Kier molecular flexibility index (Phi) is 2.70. The lowest BCUT2D eigenvalue weighted by atomic mass is 9.77. The molecule has 0 bridgehead atoms. The lowest BCUT2D eigenvalue weighted by Gasteiger charge is -2.35. The SMILES string of the molecule is CN[C@@]1(c2ccsc2)CCCCC1=O. The third kappa shape index (κ3) is 1.41. The molecule has 3 heteroatoms. The van der Waals surface area contributed by atoms with Gasteiger partial charge in [-0.3, -0.25) is 4.79 Å². The molecule has 0 aliphatic heterocycles. The Morgan fingerprint density at radius 2 is 2.36 bits per heavy atom. The molecule has 2 nitrogen and oxygen atoms in total. The maximum absolute atomic E-state index is 12.0. The number of thiophene rings is 1. The first-order valence-corrected chi connectivity index (χ1v) is 5.99. The second kappa shape index (κ2) is 3.83. The summed E-state index contributed by atoms with van der Waals surface area (Å²) in [4.78, 5) is 12.0. The highest BCUT2D eigenvalue weighted by atomic mass is 32.1. The van der Waals surface area contributed by atoms with E-state index >= 15 is 0 Å². The van der Waals surface area contributed by atoms with Crippen molar-refractivity contribution in [3.63, 3.8) is 0 Å². The molecule has 1 heterocycles. The van der Waals surface area contributed by atoms with Gasteiger partial charge in [0.15, 0.2) is 5.78 Å². The molecule has 0 radical (unpaired) electrons. The summed E-state index contributed by atoms with van der Waals surface area (Å²) < 4.78 is 0. The fourth-order valence-corrected chi connectivity index (χ4v) is 2.98. The van der Waals surface area contributed by atoms with Crippen LogP contribution in [0.2, 0.25) is 0 Å². The molecule has 1 saturated carbocycles. The molecular weight excluding hydrogens is 194 g/mol. The van der Waals surface area contributed by atoms with E-state index in [2.05, 4.69) is 16.8 Å². The maximum atomic E-state index is 12.0. The third-order valence-electron chi connectivity index (χ3n) is 3.12. The number of nitrogens with one attached hydrogen (secondary N) is 1. The van der Waals surface area contributed by atoms with Crippen molar-refractivity contribution in [2.24, 2.45) is 0 Å². The molecule has 1 aliphatic rings. The second-order valence-corrected chi connectivity index (χ2v) is 4.58. The van der Waals surface area contributed by atoms with Gasteiger partial charge in [-0.2, -0.15) is 11.3 Å². The molecule has 1 fully saturated rings. The van der Waals surface area contributed by atoms with Crippen LogP contribution in [0.4, 0.5) is 0 Å². The van der Waals surface area contributed by atoms with E-state index in [4.69, 9.17) is 0 Å². The van der Waals surface area contributed by atoms with Crippen LogP contribution in [-0.2, 0) is 10.3 Å². The van der Waals surface area contributed by atoms with Gasteiger partial charge in [0.1, 0.15) is 5.54 Å². The molecule has 14 heavy (non-hydrogen) atoms. The van der Waals surface area contributed by atoms with Crippen LogP contribution < -0.4 is 5.32 Å². The minimum atomic E-state index is -0.377. The number of likely N-dealkylation sites (N-methyl/N-ethyl adjacent to an activating group) is 1. The quantitative estimate of drug-likeness (QED) is 0.809. The Bertz CT molecular complexity index is 320. The zero-order chi connectivity index (χ0) is 10.0. The molecule has 0 spiro atoms. The normalized spacial score (nSPS) is 27.9. The summed E-state index contributed by atoms with van der Waals surface area (Å²) in [6, 6.07) is 2.06. The Labute approximate surface area is 88.3 Å². The predicted octanol–water partition coefficient (Wildman–Crippen LogP) is 2.31. The summed E-state index contributed by atoms with van der Waals surface area (Å²) in [6.07, 6.45) is 3.85. The van der Waals surface area contributed by atoms with Crippen LogP contribution in [0.5, 0.6) is 0 Å². The van der Waals surface area contributed by atoms with E-state index in [0.717, 1.165) is 31.2 Å². The van der Waals surface area contributed by atoms with Gasteiger partial charge in [0.2, 0.25) is 0 Å². The van der Waals surface area contributed by atoms with Crippen LogP contribution in [0.25, 0.3) is 0 Å². The first kappa shape index (κ1) is 9.87. The van der Waals surface area contributed by atoms with Gasteiger partial charge < -0.3 is 5.32 Å². The molecule has 1 aliphatic carbocycles. The maximum Gasteiger partial charge on any atom is 0.157 e. The minimum Gasteiger partial charge on any atom is -0.304 e. The van der Waals surface area contributed by atoms with Crippen LogP contribution in [0.1, 0.15) is 31.2 Å². The number of carbonyl (C=O) groups is 1. The first-order chi connectivity index (χ1) is 6.79. The number of hydrogen-bond acceptors (Lipinski definition) is 3. The van der Waals surface area contributed by atoms with Gasteiger partial charge >= 0.3 is 0 Å². The number of carbonyl (C=O) groups excluding carboxylic acids is 1. The van der Waals surface area contributed by atoms with E-state index in [1.807, 2.05) is 12.4 Å². The Morgan fingerprint density at radius 1 is 1.50 bits per heavy atom. The van der Waals surface area contributed by atoms with E-state index in [-0.39, 0.29) is 5.54 Å². The fourth-order valence-electron chi connectivity index (χ4n) is 2.25. The van der Waals surface area contributed by atoms with Gasteiger partial charge in [-0.1, -0.05) is 6.42 Å². The van der Waals surface area contributed by atoms with Crippen LogP contribution >= 0.6 is 11.3 Å². The predicted molar refractivity (Wildman–Crippen MR) is 58.5 cm³/mol. The summed E-state index contributed by atoms with van der Waals surface area (Å²) in [5.74, 6) is 0.352. The first-order valence-electron chi connectivity index (χ1n) is 5.04. The molecule has 76 valence electrons. The lowest BCUT2D eigenvalue weighted by Crippen LogP contribution is -2.48. The largest absolute Gasteiger partial charge is 0.304 e. The van der Waals surface area contributed by atoms with Crippen molar-refractivity contribution in [2.75, 3.05) is 7.05 Å². The van der Waals surface area contributed by atoms with Crippen molar-refractivity contribution < 1.29 is 4.79 Å². The number of rotatable bonds is 2. The second-order valence-electron chi connectivity index (χ2n) is 3.80. The highest BCUT2D eigenvalue weighted by molar-refractivity contribution is 7.08. The standard InChI is InChI=1S/C11H15NOS/c1-12-11(9-5-7-14-8-9)6-3-2-4-10(11)13/h5,7-8,12H,2-4,6H2,1H3/t11-/m1/s1. The number of Topliss-reactive ketones (excluding diaryl/α,β-unsaturated/α-hetero) is 1. The van der Waals surface area contributed by atoms with Gasteiger partial charge in [0.05, 0.1) is 0 Å². The van der Waals surface area contributed by atoms with Crippen molar-refractivity contribution in [1.29, 1.82) is 0 Å². The Morgan fingerprint density at radius 3 is 2.93 bits per heavy atom. The Hall–Kier alpha value is -0.670. The molecule has 1 aromatic rings. The zero-order valence-electron chi connectivity index (χ0n) is 8.38. The molecule has 0 amide bonds. The smallest absolute Gasteiger partial charge is 0.157 e. The average molecular weight is 209 g/mol. The van der Waals surface area contributed by atoms with Crippen LogP contribution in [0.3, 0.4) is 0 Å². The lowest BCUT2D eigenvalue weighted by molar-refractivity contribution is -0.127. The number of ketones is 1. The minimum absolute atomic E-state index is 0.352. The van der Waals surface area contributed by atoms with Crippen LogP contribution in [-0.4, -0.2) is 12.8 Å². The van der Waals surface area contributed by atoms with Crippen molar-refractivity contribution in [3.05, 3.63) is 22.4 Å². The van der Waals surface area contributed by atoms with E-state index in [1.165, 1.54) is 0 Å². The van der Waals surface area contributed by atoms with Gasteiger partial charge in [-0.15, -0.1) is 0 Å². The summed E-state index contributed by atoms with van der Waals surface area (Å²) in [5.41, 5.74) is 0.771. The van der Waals surface area contributed by atoms with E-state index in [9.17, 15) is 4.79 Å². The summed E-state index contributed by atoms with van der Waals surface area (Å²) in [6.45, 7) is 0. The highest BCUT2D eigenvalue weighted by Crippen LogP contribution is 2.34. The zero-order valence-corrected chi connectivity index (χ0v) is 9.19. The molecule has 0 unspecified atom stereocenters. The highest BCUT2D eigenvalue weighted by Gasteiger charge is 2.39. The van der Waals surface area contributed by atoms with E-state index in [1.54, 1.807) is 11.3 Å². The molecule has 1 N–H and O–H groups in total. The summed E-state index contributed by atoms with van der Waals surface area (Å²) in [7, 11) is 1.89. The van der Waals surface area contributed by atoms with E-state index < -0.39 is 0 Å². The molecule has 1 atom stereocenters. The van der Waals surface area contributed by atoms with Crippen LogP contribution in [0.15, 0.2) is 16.8 Å². The molecule has 2 rings (SSSR count). The van der Waals surface area contributed by atoms with Gasteiger partial charge in [-0.25, -0.2) is 0 Å². The van der Waals surface area contributed by atoms with Crippen molar-refractivity contribution in [3.8, 4) is 0 Å². The summed E-state index contributed by atoms with van der Waals surface area (Å²) >= 11 is 1.66. The van der Waals surface area contributed by atoms with Gasteiger partial charge in [-0.05, 0) is 42.3 Å². The monoisotopic (exact) mass is 209 g/mol. The van der Waals surface area contributed by atoms with E-state index in [0.29, 0.717) is 5.78 Å². The Balaban J connectivity index is 2.37. The molecule has 0 aromatic carbocycles. The van der Waals surface area contributed by atoms with Crippen molar-refractivity contribution in [1.82, 2.24) is 5.32 Å². The fraction of sp³-hybridized carbons (Fsp3) is 0.545. The average Bonchev–Trinajstić information content (AvgIpc) is 2.72. The summed E-state index contributed by atoms with van der Waals surface area (Å²) in [5, 5.41) is 7.35. The van der Waals surface area contributed by atoms with Crippen molar-refractivity contribution >= 4 is 17.1 Å². The number of hydrogen-bond donors (Lipinski definition) is 1. The molecule has 1 aromatic heterocycles. The van der Waals surface area contributed by atoms with Gasteiger partial charge in [0, 0.05) is 6.42 Å². The molecule has 0 saturated heterocycles. The topological polar surface area (TPSA) is 29.1 Å². The molecular formula is C11H15NOS.